The molecule has 2 rings (SSSR count). The molecule has 0 unspecified atom stereocenters. The molecule has 1 aliphatic carbocycles. The Morgan fingerprint density at radius 1 is 1.29 bits per heavy atom. The van der Waals surface area contributed by atoms with E-state index < -0.39 is 0 Å². The van der Waals surface area contributed by atoms with Crippen LogP contribution in [0, 0.1) is 18.8 Å². The first kappa shape index (κ1) is 15.6. The second-order valence-electron chi connectivity index (χ2n) is 5.32. The van der Waals surface area contributed by atoms with E-state index in [0.717, 1.165) is 24.0 Å². The van der Waals surface area contributed by atoms with Gasteiger partial charge in [0.05, 0.1) is 13.2 Å². The molecule has 0 atom stereocenters. The van der Waals surface area contributed by atoms with Gasteiger partial charge in [0.2, 0.25) is 0 Å². The largest absolute Gasteiger partial charge is 0.395 e. The fraction of sp³-hybridized carbons (Fsp3) is 0.471. The van der Waals surface area contributed by atoms with Crippen molar-refractivity contribution in [2.75, 3.05) is 19.8 Å². The van der Waals surface area contributed by atoms with Gasteiger partial charge in [-0.25, -0.2) is 0 Å². The van der Waals surface area contributed by atoms with E-state index in [1.54, 1.807) is 11.0 Å². The Balaban J connectivity index is 2.22. The fourth-order valence-corrected chi connectivity index (χ4v) is 2.31. The SMILES string of the molecule is Cc1cc(C#CCCO)cc(C(=O)N(CCO)C2CC2)c1. The van der Waals surface area contributed by atoms with Gasteiger partial charge >= 0.3 is 0 Å². The highest BCUT2D eigenvalue weighted by atomic mass is 16.3. The lowest BCUT2D eigenvalue weighted by Crippen LogP contribution is -2.35. The molecule has 1 amide bonds. The van der Waals surface area contributed by atoms with Crippen LogP contribution in [0.4, 0.5) is 0 Å². The molecule has 0 aliphatic heterocycles. The van der Waals surface area contributed by atoms with Crippen molar-refractivity contribution in [3.05, 3.63) is 34.9 Å². The van der Waals surface area contributed by atoms with Crippen LogP contribution in [0.3, 0.4) is 0 Å². The molecule has 4 heteroatoms. The standard InChI is InChI=1S/C17H21NO3/c1-13-10-14(4-2-3-8-19)12-15(11-13)17(21)18(7-9-20)16-5-6-16/h10-12,16,19-20H,3,5-9H2,1H3. The van der Waals surface area contributed by atoms with Crippen molar-refractivity contribution < 1.29 is 15.0 Å². The number of aliphatic hydroxyl groups is 2. The second kappa shape index (κ2) is 7.26. The highest BCUT2D eigenvalue weighted by Gasteiger charge is 2.32. The molecule has 0 radical (unpaired) electrons. The van der Waals surface area contributed by atoms with Gasteiger partial charge in [0.15, 0.2) is 0 Å². The number of hydrogen-bond acceptors (Lipinski definition) is 3. The van der Waals surface area contributed by atoms with Crippen molar-refractivity contribution in [1.29, 1.82) is 0 Å². The van der Waals surface area contributed by atoms with Gasteiger partial charge in [0.1, 0.15) is 0 Å². The Morgan fingerprint density at radius 2 is 2.05 bits per heavy atom. The van der Waals surface area contributed by atoms with E-state index in [1.165, 1.54) is 0 Å². The minimum Gasteiger partial charge on any atom is -0.395 e. The molecule has 21 heavy (non-hydrogen) atoms. The molecule has 112 valence electrons. The van der Waals surface area contributed by atoms with Crippen LogP contribution in [0.5, 0.6) is 0 Å². The molecule has 1 saturated carbocycles. The van der Waals surface area contributed by atoms with E-state index in [-0.39, 0.29) is 25.2 Å². The molecule has 1 aliphatic rings. The van der Waals surface area contributed by atoms with Gasteiger partial charge < -0.3 is 15.1 Å². The first-order chi connectivity index (χ1) is 10.2. The van der Waals surface area contributed by atoms with Gasteiger partial charge in [-0.05, 0) is 43.5 Å². The topological polar surface area (TPSA) is 60.8 Å². The van der Waals surface area contributed by atoms with E-state index in [1.807, 2.05) is 19.1 Å². The molecule has 0 heterocycles. The average molecular weight is 287 g/mol. The predicted molar refractivity (Wildman–Crippen MR) is 80.9 cm³/mol. The second-order valence-corrected chi connectivity index (χ2v) is 5.32. The fourth-order valence-electron chi connectivity index (χ4n) is 2.31. The van der Waals surface area contributed by atoms with Gasteiger partial charge in [-0.15, -0.1) is 0 Å². The van der Waals surface area contributed by atoms with Crippen LogP contribution >= 0.6 is 0 Å². The third-order valence-electron chi connectivity index (χ3n) is 3.38. The van der Waals surface area contributed by atoms with Crippen molar-refractivity contribution in [2.45, 2.75) is 32.2 Å². The van der Waals surface area contributed by atoms with Crippen molar-refractivity contribution in [3.8, 4) is 11.8 Å². The van der Waals surface area contributed by atoms with Gasteiger partial charge in [-0.1, -0.05) is 11.8 Å². The maximum absolute atomic E-state index is 12.6. The summed E-state index contributed by atoms with van der Waals surface area (Å²) < 4.78 is 0. The first-order valence-corrected chi connectivity index (χ1v) is 7.29. The van der Waals surface area contributed by atoms with Crippen LogP contribution in [-0.4, -0.2) is 46.8 Å². The van der Waals surface area contributed by atoms with Crippen LogP contribution in [0.1, 0.15) is 40.7 Å². The minimum atomic E-state index is -0.0412. The molecule has 1 aromatic carbocycles. The lowest BCUT2D eigenvalue weighted by atomic mass is 10.1. The summed E-state index contributed by atoms with van der Waals surface area (Å²) in [5.41, 5.74) is 2.38. The molecule has 4 nitrogen and oxygen atoms in total. The molecule has 2 N–H and O–H groups in total. The summed E-state index contributed by atoms with van der Waals surface area (Å²) in [7, 11) is 0. The smallest absolute Gasteiger partial charge is 0.254 e. The molecular formula is C17H21NO3. The third kappa shape index (κ3) is 4.32. The number of hydrogen-bond donors (Lipinski definition) is 2. The van der Waals surface area contributed by atoms with E-state index in [9.17, 15) is 4.79 Å². The molecular weight excluding hydrogens is 266 g/mol. The molecule has 0 aromatic heterocycles. The third-order valence-corrected chi connectivity index (χ3v) is 3.38. The normalized spacial score (nSPS) is 13.5. The number of rotatable bonds is 5. The van der Waals surface area contributed by atoms with Crippen LogP contribution < -0.4 is 0 Å². The summed E-state index contributed by atoms with van der Waals surface area (Å²) in [6.07, 6.45) is 2.46. The average Bonchev–Trinajstić information content (AvgIpc) is 3.28. The lowest BCUT2D eigenvalue weighted by Gasteiger charge is -2.21. The number of nitrogens with zero attached hydrogens (tertiary/aromatic N) is 1. The number of aliphatic hydroxyl groups excluding tert-OH is 2. The van der Waals surface area contributed by atoms with Crippen molar-refractivity contribution in [3.63, 3.8) is 0 Å². The van der Waals surface area contributed by atoms with Crippen LogP contribution in [0.15, 0.2) is 18.2 Å². The molecule has 0 bridgehead atoms. The summed E-state index contributed by atoms with van der Waals surface area (Å²) in [6.45, 7) is 2.33. The quantitative estimate of drug-likeness (QED) is 0.803. The monoisotopic (exact) mass is 287 g/mol. The summed E-state index contributed by atoms with van der Waals surface area (Å²) in [4.78, 5) is 14.3. The zero-order chi connectivity index (χ0) is 15.2. The Kier molecular flexibility index (Phi) is 5.38. The zero-order valence-corrected chi connectivity index (χ0v) is 12.3. The van der Waals surface area contributed by atoms with E-state index in [0.29, 0.717) is 18.5 Å². The van der Waals surface area contributed by atoms with Crippen LogP contribution in [0.25, 0.3) is 0 Å². The van der Waals surface area contributed by atoms with Crippen molar-refractivity contribution in [1.82, 2.24) is 4.90 Å². The number of amides is 1. The predicted octanol–water partition coefficient (Wildman–Crippen LogP) is 1.33. The number of benzene rings is 1. The van der Waals surface area contributed by atoms with Crippen LogP contribution in [-0.2, 0) is 0 Å². The van der Waals surface area contributed by atoms with Crippen molar-refractivity contribution in [2.24, 2.45) is 0 Å². The van der Waals surface area contributed by atoms with Gasteiger partial charge in [0, 0.05) is 30.1 Å². The summed E-state index contributed by atoms with van der Waals surface area (Å²) in [5.74, 6) is 5.80. The Bertz CT molecular complexity index is 567. The number of carbonyl (C=O) groups excluding carboxylic acids is 1. The number of carbonyl (C=O) groups is 1. The number of aryl methyl sites for hydroxylation is 1. The molecule has 1 aromatic rings. The molecule has 0 saturated heterocycles. The van der Waals surface area contributed by atoms with Gasteiger partial charge in [0.25, 0.3) is 5.91 Å². The van der Waals surface area contributed by atoms with E-state index in [2.05, 4.69) is 11.8 Å². The Labute approximate surface area is 125 Å². The highest BCUT2D eigenvalue weighted by Crippen LogP contribution is 2.28. The first-order valence-electron chi connectivity index (χ1n) is 7.29. The summed E-state index contributed by atoms with van der Waals surface area (Å²) in [6, 6.07) is 5.84. The molecule has 1 fully saturated rings. The van der Waals surface area contributed by atoms with Gasteiger partial charge in [-0.2, -0.15) is 0 Å². The van der Waals surface area contributed by atoms with E-state index in [4.69, 9.17) is 10.2 Å². The van der Waals surface area contributed by atoms with Gasteiger partial charge in [-0.3, -0.25) is 4.79 Å². The van der Waals surface area contributed by atoms with Crippen LogP contribution in [0.2, 0.25) is 0 Å². The maximum Gasteiger partial charge on any atom is 0.254 e. The molecule has 0 spiro atoms. The Morgan fingerprint density at radius 3 is 2.67 bits per heavy atom. The zero-order valence-electron chi connectivity index (χ0n) is 12.3. The minimum absolute atomic E-state index is 0.0166. The summed E-state index contributed by atoms with van der Waals surface area (Å²) >= 11 is 0. The lowest BCUT2D eigenvalue weighted by molar-refractivity contribution is 0.0707. The maximum atomic E-state index is 12.6. The van der Waals surface area contributed by atoms with Crippen molar-refractivity contribution >= 4 is 5.91 Å². The highest BCUT2D eigenvalue weighted by molar-refractivity contribution is 5.95. The Hall–Kier alpha value is -1.83. The van der Waals surface area contributed by atoms with E-state index >= 15 is 0 Å². The summed E-state index contributed by atoms with van der Waals surface area (Å²) in [5, 5.41) is 17.9.